The minimum Gasteiger partial charge on any atom is -0.393 e. The van der Waals surface area contributed by atoms with Crippen LogP contribution in [0.25, 0.3) is 28.2 Å². The zero-order valence-corrected chi connectivity index (χ0v) is 16.2. The highest BCUT2D eigenvalue weighted by molar-refractivity contribution is 5.82. The maximum absolute atomic E-state index is 14.5. The summed E-state index contributed by atoms with van der Waals surface area (Å²) < 4.78 is 14.5. The summed E-state index contributed by atoms with van der Waals surface area (Å²) in [7, 11) is 0. The van der Waals surface area contributed by atoms with Gasteiger partial charge < -0.3 is 5.11 Å². The molecule has 0 aliphatic heterocycles. The summed E-state index contributed by atoms with van der Waals surface area (Å²) in [4.78, 5) is 4.69. The average Bonchev–Trinajstić information content (AvgIpc) is 2.68. The number of unbranched alkanes of at least 4 members (excludes halogenated alkanes) is 1. The molecule has 1 N–H and O–H groups in total. The van der Waals surface area contributed by atoms with Crippen molar-refractivity contribution < 1.29 is 9.50 Å². The number of benzene rings is 2. The minimum atomic E-state index is -0.285. The second-order valence-corrected chi connectivity index (χ2v) is 7.13. The van der Waals surface area contributed by atoms with Crippen molar-refractivity contribution in [2.45, 2.75) is 38.7 Å². The number of hydrogen-bond acceptors (Lipinski definition) is 2. The van der Waals surface area contributed by atoms with E-state index in [-0.39, 0.29) is 11.9 Å². The van der Waals surface area contributed by atoms with Gasteiger partial charge in [0.25, 0.3) is 0 Å². The molecule has 0 fully saturated rings. The van der Waals surface area contributed by atoms with E-state index in [2.05, 4.69) is 17.6 Å². The fourth-order valence-electron chi connectivity index (χ4n) is 3.19. The zero-order valence-electron chi connectivity index (χ0n) is 16.2. The number of rotatable bonds is 8. The average molecular weight is 375 g/mol. The number of aliphatic hydroxyl groups excluding tert-OH is 1. The van der Waals surface area contributed by atoms with E-state index in [1.54, 1.807) is 19.1 Å². The molecular weight excluding hydrogens is 349 g/mol. The molecule has 1 atom stereocenters. The number of fused-ring (bicyclic) bond motifs is 1. The molecule has 1 unspecified atom stereocenters. The fourth-order valence-corrected chi connectivity index (χ4v) is 3.19. The number of nitrogens with zero attached hydrogens (tertiary/aromatic N) is 1. The van der Waals surface area contributed by atoms with Crippen molar-refractivity contribution in [3.05, 3.63) is 84.2 Å². The summed E-state index contributed by atoms with van der Waals surface area (Å²) in [5.41, 5.74) is 4.19. The van der Waals surface area contributed by atoms with Crippen LogP contribution in [-0.4, -0.2) is 16.2 Å². The topological polar surface area (TPSA) is 33.1 Å². The molecule has 3 aromatic rings. The van der Waals surface area contributed by atoms with Gasteiger partial charge >= 0.3 is 0 Å². The molecule has 0 radical (unpaired) electrons. The lowest BCUT2D eigenvalue weighted by Crippen LogP contribution is -1.97. The van der Waals surface area contributed by atoms with Gasteiger partial charge in [-0.2, -0.15) is 0 Å². The first kappa shape index (κ1) is 20.0. The Labute approximate surface area is 166 Å². The Kier molecular flexibility index (Phi) is 6.72. The first-order chi connectivity index (χ1) is 13.6. The van der Waals surface area contributed by atoms with Crippen LogP contribution < -0.4 is 0 Å². The van der Waals surface area contributed by atoms with Crippen LogP contribution in [0.1, 0.15) is 37.3 Å². The molecule has 0 aliphatic carbocycles. The Morgan fingerprint density at radius 2 is 2.00 bits per heavy atom. The van der Waals surface area contributed by atoms with Crippen LogP contribution >= 0.6 is 0 Å². The Bertz CT molecular complexity index is 991. The van der Waals surface area contributed by atoms with Crippen molar-refractivity contribution in [3.8, 4) is 11.3 Å². The van der Waals surface area contributed by atoms with Crippen LogP contribution in [0.5, 0.6) is 0 Å². The van der Waals surface area contributed by atoms with Crippen LogP contribution in [0, 0.1) is 5.82 Å². The van der Waals surface area contributed by atoms with Crippen molar-refractivity contribution in [2.75, 3.05) is 0 Å². The predicted molar refractivity (Wildman–Crippen MR) is 116 cm³/mol. The van der Waals surface area contributed by atoms with Crippen LogP contribution in [0.3, 0.4) is 0 Å². The molecule has 1 aromatic heterocycles. The Morgan fingerprint density at radius 3 is 2.75 bits per heavy atom. The molecule has 28 heavy (non-hydrogen) atoms. The molecule has 0 spiro atoms. The largest absolute Gasteiger partial charge is 0.393 e. The van der Waals surface area contributed by atoms with Crippen LogP contribution in [0.2, 0.25) is 0 Å². The van der Waals surface area contributed by atoms with E-state index in [4.69, 9.17) is 0 Å². The van der Waals surface area contributed by atoms with Crippen LogP contribution in [-0.2, 0) is 6.42 Å². The molecular formula is C25H26FNO. The monoisotopic (exact) mass is 375 g/mol. The van der Waals surface area contributed by atoms with E-state index >= 15 is 0 Å². The van der Waals surface area contributed by atoms with E-state index in [1.165, 1.54) is 11.6 Å². The summed E-state index contributed by atoms with van der Waals surface area (Å²) in [5, 5.41) is 10.3. The van der Waals surface area contributed by atoms with Gasteiger partial charge in [0, 0.05) is 16.5 Å². The standard InChI is InChI=1S/C25H26FNO/c1-3-7-19-10-14-24-21(16-19)13-15-25(27-24)22-12-11-20(23(26)17-22)9-6-4-5-8-18(2)28/h3,6,9-18,28H,1,4-5,7-8H2,2H3/b9-6+. The number of aliphatic hydroxyl groups is 1. The molecule has 3 rings (SSSR count). The number of allylic oxidation sites excluding steroid dienone is 2. The van der Waals surface area contributed by atoms with E-state index in [0.717, 1.165) is 47.8 Å². The summed E-state index contributed by atoms with van der Waals surface area (Å²) in [5.74, 6) is -0.257. The highest BCUT2D eigenvalue weighted by Gasteiger charge is 2.06. The van der Waals surface area contributed by atoms with Crippen LogP contribution in [0.4, 0.5) is 4.39 Å². The predicted octanol–water partition coefficient (Wildman–Crippen LogP) is 6.33. The first-order valence-corrected chi connectivity index (χ1v) is 9.72. The van der Waals surface area contributed by atoms with Gasteiger partial charge in [-0.05, 0) is 62.4 Å². The summed E-state index contributed by atoms with van der Waals surface area (Å²) in [6.45, 7) is 5.55. The van der Waals surface area contributed by atoms with Gasteiger partial charge in [-0.1, -0.05) is 42.5 Å². The molecule has 2 aromatic carbocycles. The maximum atomic E-state index is 14.5. The van der Waals surface area contributed by atoms with Gasteiger partial charge in [0.2, 0.25) is 0 Å². The quantitative estimate of drug-likeness (QED) is 0.368. The van der Waals surface area contributed by atoms with E-state index in [1.807, 2.05) is 42.5 Å². The van der Waals surface area contributed by atoms with Crippen molar-refractivity contribution in [1.82, 2.24) is 4.98 Å². The third-order valence-corrected chi connectivity index (χ3v) is 4.72. The zero-order chi connectivity index (χ0) is 19.9. The maximum Gasteiger partial charge on any atom is 0.131 e. The van der Waals surface area contributed by atoms with Crippen molar-refractivity contribution in [3.63, 3.8) is 0 Å². The highest BCUT2D eigenvalue weighted by atomic mass is 19.1. The second kappa shape index (κ2) is 9.43. The van der Waals surface area contributed by atoms with Gasteiger partial charge in [-0.3, -0.25) is 0 Å². The lowest BCUT2D eigenvalue weighted by atomic mass is 10.0. The van der Waals surface area contributed by atoms with Crippen LogP contribution in [0.15, 0.2) is 67.3 Å². The Morgan fingerprint density at radius 1 is 1.14 bits per heavy atom. The molecule has 0 saturated heterocycles. The minimum absolute atomic E-state index is 0.257. The number of pyridine rings is 1. The third kappa shape index (κ3) is 5.14. The van der Waals surface area contributed by atoms with Gasteiger partial charge in [0.05, 0.1) is 17.3 Å². The lowest BCUT2D eigenvalue weighted by molar-refractivity contribution is 0.182. The second-order valence-electron chi connectivity index (χ2n) is 7.13. The molecule has 0 bridgehead atoms. The molecule has 3 heteroatoms. The lowest BCUT2D eigenvalue weighted by Gasteiger charge is -2.06. The highest BCUT2D eigenvalue weighted by Crippen LogP contribution is 2.24. The normalized spacial score (nSPS) is 12.5. The smallest absolute Gasteiger partial charge is 0.131 e. The molecule has 2 nitrogen and oxygen atoms in total. The SMILES string of the molecule is C=CCc1ccc2nc(-c3ccc(/C=C/CCCC(C)O)c(F)c3)ccc2c1. The molecule has 0 amide bonds. The van der Waals surface area contributed by atoms with E-state index in [9.17, 15) is 9.50 Å². The van der Waals surface area contributed by atoms with Gasteiger partial charge in [0.1, 0.15) is 5.82 Å². The van der Waals surface area contributed by atoms with Crippen molar-refractivity contribution in [2.24, 2.45) is 0 Å². The number of aromatic nitrogens is 1. The van der Waals surface area contributed by atoms with Gasteiger partial charge in [0.15, 0.2) is 0 Å². The molecule has 0 aliphatic rings. The van der Waals surface area contributed by atoms with Crippen molar-refractivity contribution in [1.29, 1.82) is 0 Å². The number of halogens is 1. The van der Waals surface area contributed by atoms with Gasteiger partial charge in [-0.15, -0.1) is 6.58 Å². The molecule has 1 heterocycles. The summed E-state index contributed by atoms with van der Waals surface area (Å²) in [6, 6.07) is 15.3. The van der Waals surface area contributed by atoms with Gasteiger partial charge in [-0.25, -0.2) is 9.37 Å². The third-order valence-electron chi connectivity index (χ3n) is 4.72. The molecule has 144 valence electrons. The Balaban J connectivity index is 1.76. The fraction of sp³-hybridized carbons (Fsp3) is 0.240. The summed E-state index contributed by atoms with van der Waals surface area (Å²) in [6.07, 6.45) is 8.66. The van der Waals surface area contributed by atoms with E-state index in [0.29, 0.717) is 5.56 Å². The first-order valence-electron chi connectivity index (χ1n) is 9.72. The summed E-state index contributed by atoms with van der Waals surface area (Å²) >= 11 is 0. The van der Waals surface area contributed by atoms with E-state index < -0.39 is 0 Å². The molecule has 0 saturated carbocycles. The number of hydrogen-bond donors (Lipinski definition) is 1. The van der Waals surface area contributed by atoms with Crippen molar-refractivity contribution >= 4 is 17.0 Å². The Hall–Kier alpha value is -2.78.